The average Bonchev–Trinajstić information content (AvgIpc) is 2.41. The van der Waals surface area contributed by atoms with Crippen LogP contribution in [-0.2, 0) is 12.7 Å². The van der Waals surface area contributed by atoms with Crippen LogP contribution in [0.2, 0.25) is 0 Å². The molecule has 0 aliphatic heterocycles. The number of nitrogens with one attached hydrogen (secondary N) is 1. The number of hydrogen-bond donors (Lipinski definition) is 1. The third-order valence-electron chi connectivity index (χ3n) is 3.47. The van der Waals surface area contributed by atoms with Crippen molar-refractivity contribution in [3.8, 4) is 0 Å². The number of hydrogen-bond acceptors (Lipinski definition) is 1. The van der Waals surface area contributed by atoms with Gasteiger partial charge in [0.15, 0.2) is 0 Å². The van der Waals surface area contributed by atoms with Crippen LogP contribution in [0.4, 0.5) is 13.2 Å². The predicted molar refractivity (Wildman–Crippen MR) is 81.1 cm³/mol. The normalized spacial score (nSPS) is 12.1. The van der Waals surface area contributed by atoms with E-state index in [1.165, 1.54) is 37.8 Å². The summed E-state index contributed by atoms with van der Waals surface area (Å²) in [6, 6.07) is 5.52. The zero-order valence-corrected chi connectivity index (χ0v) is 13.0. The van der Waals surface area contributed by atoms with Crippen LogP contribution in [0, 0.1) is 5.92 Å². The molecule has 120 valence electrons. The summed E-state index contributed by atoms with van der Waals surface area (Å²) in [5, 5.41) is 3.21. The molecule has 0 radical (unpaired) electrons. The Labute approximate surface area is 125 Å². The van der Waals surface area contributed by atoms with E-state index in [9.17, 15) is 13.2 Å². The second-order valence-electron chi connectivity index (χ2n) is 5.97. The molecule has 0 unspecified atom stereocenters. The molecule has 1 rings (SSSR count). The van der Waals surface area contributed by atoms with E-state index in [0.29, 0.717) is 12.1 Å². The molecular formula is C17H26F3N. The number of alkyl halides is 3. The summed E-state index contributed by atoms with van der Waals surface area (Å²) < 4.78 is 37.7. The molecule has 21 heavy (non-hydrogen) atoms. The summed E-state index contributed by atoms with van der Waals surface area (Å²) in [7, 11) is 0. The van der Waals surface area contributed by atoms with Gasteiger partial charge in [-0.2, -0.15) is 13.2 Å². The fourth-order valence-electron chi connectivity index (χ4n) is 2.25. The SMILES string of the molecule is CC(C)CCCCCCNCc1cccc(C(F)(F)F)c1. The van der Waals surface area contributed by atoms with Gasteiger partial charge < -0.3 is 5.32 Å². The maximum atomic E-state index is 12.6. The lowest BCUT2D eigenvalue weighted by molar-refractivity contribution is -0.137. The molecule has 1 nitrogen and oxygen atoms in total. The summed E-state index contributed by atoms with van der Waals surface area (Å²) in [5.74, 6) is 0.768. The molecule has 1 N–H and O–H groups in total. The van der Waals surface area contributed by atoms with Crippen molar-refractivity contribution >= 4 is 0 Å². The molecule has 0 amide bonds. The van der Waals surface area contributed by atoms with E-state index >= 15 is 0 Å². The number of unbranched alkanes of at least 4 members (excludes halogenated alkanes) is 3. The van der Waals surface area contributed by atoms with Gasteiger partial charge >= 0.3 is 6.18 Å². The first kappa shape index (κ1) is 18.0. The second-order valence-corrected chi connectivity index (χ2v) is 5.97. The van der Waals surface area contributed by atoms with Crippen molar-refractivity contribution in [2.45, 2.75) is 58.7 Å². The van der Waals surface area contributed by atoms with Crippen molar-refractivity contribution in [3.63, 3.8) is 0 Å². The molecule has 0 heterocycles. The van der Waals surface area contributed by atoms with Crippen LogP contribution < -0.4 is 5.32 Å². The molecule has 0 bridgehead atoms. The Balaban J connectivity index is 2.16. The quantitative estimate of drug-likeness (QED) is 0.602. The van der Waals surface area contributed by atoms with E-state index in [4.69, 9.17) is 0 Å². The molecular weight excluding hydrogens is 275 g/mol. The maximum Gasteiger partial charge on any atom is 0.416 e. The standard InChI is InChI=1S/C17H26F3N/c1-14(2)8-5-3-4-6-11-21-13-15-9-7-10-16(12-15)17(18,19)20/h7,9-10,12,14,21H,3-6,8,11,13H2,1-2H3. The van der Waals surface area contributed by atoms with Crippen LogP contribution in [0.5, 0.6) is 0 Å². The van der Waals surface area contributed by atoms with E-state index < -0.39 is 11.7 Å². The minimum atomic E-state index is -4.26. The van der Waals surface area contributed by atoms with Crippen LogP contribution in [0.1, 0.15) is 57.1 Å². The molecule has 0 fully saturated rings. The first-order chi connectivity index (χ1) is 9.89. The van der Waals surface area contributed by atoms with Gasteiger partial charge in [-0.05, 0) is 30.5 Å². The first-order valence-corrected chi connectivity index (χ1v) is 7.76. The second kappa shape index (κ2) is 9.08. The van der Waals surface area contributed by atoms with E-state index in [1.807, 2.05) is 0 Å². The van der Waals surface area contributed by atoms with Crippen molar-refractivity contribution in [1.82, 2.24) is 5.32 Å². The Morgan fingerprint density at radius 3 is 2.43 bits per heavy atom. The number of benzene rings is 1. The monoisotopic (exact) mass is 301 g/mol. The largest absolute Gasteiger partial charge is 0.416 e. The van der Waals surface area contributed by atoms with Crippen molar-refractivity contribution in [2.24, 2.45) is 5.92 Å². The average molecular weight is 301 g/mol. The lowest BCUT2D eigenvalue weighted by Crippen LogP contribution is -2.15. The minimum Gasteiger partial charge on any atom is -0.313 e. The molecule has 0 atom stereocenters. The number of rotatable bonds is 9. The van der Waals surface area contributed by atoms with E-state index in [2.05, 4.69) is 19.2 Å². The zero-order chi connectivity index (χ0) is 15.7. The highest BCUT2D eigenvalue weighted by Gasteiger charge is 2.30. The molecule has 0 saturated heterocycles. The predicted octanol–water partition coefficient (Wildman–Crippen LogP) is 5.40. The van der Waals surface area contributed by atoms with Gasteiger partial charge in [0.2, 0.25) is 0 Å². The smallest absolute Gasteiger partial charge is 0.313 e. The summed E-state index contributed by atoms with van der Waals surface area (Å²) in [6.45, 7) is 5.82. The zero-order valence-electron chi connectivity index (χ0n) is 13.0. The minimum absolute atomic E-state index is 0.496. The highest BCUT2D eigenvalue weighted by atomic mass is 19.4. The number of halogens is 3. The van der Waals surface area contributed by atoms with Gasteiger partial charge in [-0.15, -0.1) is 0 Å². The van der Waals surface area contributed by atoms with Gasteiger partial charge in [0.05, 0.1) is 5.56 Å². The van der Waals surface area contributed by atoms with Gasteiger partial charge in [-0.1, -0.05) is 57.7 Å². The first-order valence-electron chi connectivity index (χ1n) is 7.76. The van der Waals surface area contributed by atoms with Crippen molar-refractivity contribution < 1.29 is 13.2 Å². The summed E-state index contributed by atoms with van der Waals surface area (Å²) in [6.07, 6.45) is 1.79. The van der Waals surface area contributed by atoms with Gasteiger partial charge in [0.1, 0.15) is 0 Å². The summed E-state index contributed by atoms with van der Waals surface area (Å²) in [4.78, 5) is 0. The van der Waals surface area contributed by atoms with E-state index in [1.54, 1.807) is 6.07 Å². The van der Waals surface area contributed by atoms with Crippen LogP contribution in [0.15, 0.2) is 24.3 Å². The van der Waals surface area contributed by atoms with Crippen molar-refractivity contribution in [1.29, 1.82) is 0 Å². The fraction of sp³-hybridized carbons (Fsp3) is 0.647. The molecule has 4 heteroatoms. The Bertz CT molecular complexity index is 399. The van der Waals surface area contributed by atoms with Gasteiger partial charge in [-0.25, -0.2) is 0 Å². The maximum absolute atomic E-state index is 12.6. The Morgan fingerprint density at radius 2 is 1.76 bits per heavy atom. The van der Waals surface area contributed by atoms with Gasteiger partial charge in [-0.3, -0.25) is 0 Å². The lowest BCUT2D eigenvalue weighted by Gasteiger charge is -2.09. The van der Waals surface area contributed by atoms with E-state index in [0.717, 1.165) is 24.9 Å². The molecule has 1 aromatic carbocycles. The van der Waals surface area contributed by atoms with Crippen LogP contribution in [0.25, 0.3) is 0 Å². The molecule has 0 aromatic heterocycles. The topological polar surface area (TPSA) is 12.0 Å². The highest BCUT2D eigenvalue weighted by Crippen LogP contribution is 2.29. The molecule has 0 spiro atoms. The van der Waals surface area contributed by atoms with E-state index in [-0.39, 0.29) is 0 Å². The van der Waals surface area contributed by atoms with Gasteiger partial charge in [0, 0.05) is 6.54 Å². The molecule has 0 aliphatic carbocycles. The Morgan fingerprint density at radius 1 is 1.05 bits per heavy atom. The molecule has 0 saturated carbocycles. The van der Waals surface area contributed by atoms with Crippen molar-refractivity contribution in [3.05, 3.63) is 35.4 Å². The fourth-order valence-corrected chi connectivity index (χ4v) is 2.25. The van der Waals surface area contributed by atoms with Gasteiger partial charge in [0.25, 0.3) is 0 Å². The lowest BCUT2D eigenvalue weighted by atomic mass is 10.0. The van der Waals surface area contributed by atoms with Crippen LogP contribution in [-0.4, -0.2) is 6.54 Å². The third kappa shape index (κ3) is 8.10. The van der Waals surface area contributed by atoms with Crippen molar-refractivity contribution in [2.75, 3.05) is 6.54 Å². The Kier molecular flexibility index (Phi) is 7.79. The molecule has 1 aromatic rings. The van der Waals surface area contributed by atoms with Crippen LogP contribution in [0.3, 0.4) is 0 Å². The third-order valence-corrected chi connectivity index (χ3v) is 3.47. The highest BCUT2D eigenvalue weighted by molar-refractivity contribution is 5.25. The molecule has 0 aliphatic rings. The summed E-state index contributed by atoms with van der Waals surface area (Å²) in [5.41, 5.74) is 0.111. The Hall–Kier alpha value is -1.03. The van der Waals surface area contributed by atoms with Crippen LogP contribution >= 0.6 is 0 Å². The summed E-state index contributed by atoms with van der Waals surface area (Å²) >= 11 is 0.